The molecule has 0 aliphatic heterocycles. The van der Waals surface area contributed by atoms with Crippen LogP contribution in [0.2, 0.25) is 0 Å². The summed E-state index contributed by atoms with van der Waals surface area (Å²) in [5.41, 5.74) is 2.05. The molecular formula is C12H11F6NO. The molecule has 0 fully saturated rings. The maximum Gasteiger partial charge on any atom is 0.416 e. The van der Waals surface area contributed by atoms with Gasteiger partial charge < -0.3 is 5.73 Å². The first-order chi connectivity index (χ1) is 9.04. The lowest BCUT2D eigenvalue weighted by atomic mass is 10.0. The Bertz CT molecular complexity index is 459. The number of ketones is 1. The van der Waals surface area contributed by atoms with Crippen molar-refractivity contribution in [2.45, 2.75) is 25.2 Å². The van der Waals surface area contributed by atoms with Gasteiger partial charge in [0.1, 0.15) is 5.78 Å². The molecule has 0 amide bonds. The number of Topliss-reactive ketones (excluding diaryl/α,β-unsaturated/α-hetero) is 1. The minimum Gasteiger partial charge on any atom is -0.324 e. The molecule has 8 heteroatoms. The van der Waals surface area contributed by atoms with Crippen LogP contribution in [0.1, 0.15) is 23.1 Å². The predicted molar refractivity (Wildman–Crippen MR) is 58.8 cm³/mol. The maximum atomic E-state index is 12.5. The molecule has 0 radical (unpaired) electrons. The number of carbonyl (C=O) groups excluding carboxylic acids is 1. The van der Waals surface area contributed by atoms with E-state index in [4.69, 9.17) is 5.73 Å². The number of benzene rings is 1. The highest BCUT2D eigenvalue weighted by Gasteiger charge is 2.36. The predicted octanol–water partition coefficient (Wildman–Crippen LogP) is 3.18. The third kappa shape index (κ3) is 4.52. The van der Waals surface area contributed by atoms with Gasteiger partial charge in [0.15, 0.2) is 0 Å². The van der Waals surface area contributed by atoms with E-state index in [-0.39, 0.29) is 31.0 Å². The van der Waals surface area contributed by atoms with Gasteiger partial charge in [-0.05, 0) is 30.2 Å². The quantitative estimate of drug-likeness (QED) is 0.868. The number of hydrogen-bond acceptors (Lipinski definition) is 2. The summed E-state index contributed by atoms with van der Waals surface area (Å²) in [5, 5.41) is 0. The molecule has 2 N–H and O–H groups in total. The largest absolute Gasteiger partial charge is 0.416 e. The van der Waals surface area contributed by atoms with Gasteiger partial charge in [-0.2, -0.15) is 26.3 Å². The number of rotatable bonds is 4. The highest BCUT2D eigenvalue weighted by Crippen LogP contribution is 2.36. The van der Waals surface area contributed by atoms with Crippen molar-refractivity contribution in [3.05, 3.63) is 34.9 Å². The second-order valence-electron chi connectivity index (χ2n) is 4.16. The van der Waals surface area contributed by atoms with E-state index in [9.17, 15) is 31.1 Å². The van der Waals surface area contributed by atoms with Crippen LogP contribution in [0.4, 0.5) is 26.3 Å². The minimum absolute atomic E-state index is 0.0499. The molecule has 20 heavy (non-hydrogen) atoms. The van der Waals surface area contributed by atoms with E-state index in [0.717, 1.165) is 0 Å². The molecule has 0 spiro atoms. The zero-order chi connectivity index (χ0) is 15.6. The van der Waals surface area contributed by atoms with Crippen LogP contribution < -0.4 is 5.73 Å². The Hall–Kier alpha value is -1.57. The van der Waals surface area contributed by atoms with Crippen LogP contribution in [-0.2, 0) is 23.6 Å². The van der Waals surface area contributed by atoms with Crippen LogP contribution in [0.25, 0.3) is 0 Å². The van der Waals surface area contributed by atoms with E-state index in [2.05, 4.69) is 0 Å². The molecule has 1 aromatic rings. The van der Waals surface area contributed by atoms with Crippen LogP contribution in [0, 0.1) is 0 Å². The Labute approximate surface area is 110 Å². The number of aryl methyl sites for hydroxylation is 1. The van der Waals surface area contributed by atoms with Crippen molar-refractivity contribution in [2.75, 3.05) is 6.54 Å². The van der Waals surface area contributed by atoms with Crippen molar-refractivity contribution in [2.24, 2.45) is 5.73 Å². The Morgan fingerprint density at radius 2 is 1.40 bits per heavy atom. The maximum absolute atomic E-state index is 12.5. The number of halogens is 6. The van der Waals surface area contributed by atoms with Crippen LogP contribution in [0.3, 0.4) is 0 Å². The second kappa shape index (κ2) is 5.82. The molecule has 0 aliphatic carbocycles. The summed E-state index contributed by atoms with van der Waals surface area (Å²) in [5.74, 6) is -0.434. The first kappa shape index (κ1) is 16.5. The van der Waals surface area contributed by atoms with Crippen molar-refractivity contribution in [1.82, 2.24) is 0 Å². The van der Waals surface area contributed by atoms with E-state index in [1.807, 2.05) is 0 Å². The molecule has 112 valence electrons. The summed E-state index contributed by atoms with van der Waals surface area (Å²) in [6, 6.07) is 1.27. The normalized spacial score (nSPS) is 12.6. The molecule has 0 heterocycles. The topological polar surface area (TPSA) is 43.1 Å². The summed E-state index contributed by atoms with van der Waals surface area (Å²) in [7, 11) is 0. The summed E-state index contributed by atoms with van der Waals surface area (Å²) in [6.45, 7) is -0.301. The minimum atomic E-state index is -4.88. The van der Waals surface area contributed by atoms with Crippen molar-refractivity contribution < 1.29 is 31.1 Å². The number of hydrogen-bond donors (Lipinski definition) is 1. The lowest BCUT2D eigenvalue weighted by Gasteiger charge is -2.14. The van der Waals surface area contributed by atoms with E-state index < -0.39 is 29.3 Å². The van der Waals surface area contributed by atoms with E-state index in [1.165, 1.54) is 0 Å². The van der Waals surface area contributed by atoms with Crippen molar-refractivity contribution in [1.29, 1.82) is 0 Å². The zero-order valence-corrected chi connectivity index (χ0v) is 10.1. The summed E-state index contributed by atoms with van der Waals surface area (Å²) in [4.78, 5) is 11.0. The molecule has 0 aliphatic rings. The van der Waals surface area contributed by atoms with Crippen LogP contribution >= 0.6 is 0 Å². The van der Waals surface area contributed by atoms with Crippen molar-refractivity contribution >= 4 is 5.78 Å². The zero-order valence-electron chi connectivity index (χ0n) is 10.1. The first-order valence-corrected chi connectivity index (χ1v) is 5.54. The number of alkyl halides is 6. The van der Waals surface area contributed by atoms with Gasteiger partial charge in [-0.25, -0.2) is 0 Å². The van der Waals surface area contributed by atoms with Crippen LogP contribution in [0.5, 0.6) is 0 Å². The van der Waals surface area contributed by atoms with Gasteiger partial charge in [0, 0.05) is 6.42 Å². The van der Waals surface area contributed by atoms with Gasteiger partial charge in [0.2, 0.25) is 0 Å². The molecule has 0 bridgehead atoms. The number of nitrogens with two attached hydrogens (primary N) is 1. The van der Waals surface area contributed by atoms with E-state index in [1.54, 1.807) is 0 Å². The fraction of sp³-hybridized carbons (Fsp3) is 0.417. The van der Waals surface area contributed by atoms with E-state index in [0.29, 0.717) is 12.1 Å². The third-order valence-corrected chi connectivity index (χ3v) is 2.57. The third-order valence-electron chi connectivity index (χ3n) is 2.57. The Kier molecular flexibility index (Phi) is 4.80. The second-order valence-corrected chi connectivity index (χ2v) is 4.16. The smallest absolute Gasteiger partial charge is 0.324 e. The molecular weight excluding hydrogens is 288 g/mol. The van der Waals surface area contributed by atoms with Crippen molar-refractivity contribution in [3.63, 3.8) is 0 Å². The van der Waals surface area contributed by atoms with Crippen LogP contribution in [-0.4, -0.2) is 12.3 Å². The van der Waals surface area contributed by atoms with Gasteiger partial charge in [-0.3, -0.25) is 4.79 Å². The highest BCUT2D eigenvalue weighted by molar-refractivity contribution is 5.80. The molecule has 0 unspecified atom stereocenters. The molecule has 2 nitrogen and oxygen atoms in total. The fourth-order valence-electron chi connectivity index (χ4n) is 1.55. The van der Waals surface area contributed by atoms with Gasteiger partial charge >= 0.3 is 12.4 Å². The molecule has 1 rings (SSSR count). The van der Waals surface area contributed by atoms with Crippen molar-refractivity contribution in [3.8, 4) is 0 Å². The fourth-order valence-corrected chi connectivity index (χ4v) is 1.55. The Morgan fingerprint density at radius 3 is 1.75 bits per heavy atom. The summed E-state index contributed by atoms with van der Waals surface area (Å²) >= 11 is 0. The molecule has 1 aromatic carbocycles. The van der Waals surface area contributed by atoms with Crippen LogP contribution in [0.15, 0.2) is 18.2 Å². The average molecular weight is 299 g/mol. The standard InChI is InChI=1S/C12H11F6NO/c13-11(14,15)8-3-7(1-2-10(20)6-19)4-9(5-8)12(16,17)18/h3-5H,1-2,6,19H2. The van der Waals surface area contributed by atoms with Gasteiger partial charge in [-0.15, -0.1) is 0 Å². The van der Waals surface area contributed by atoms with Gasteiger partial charge in [0.25, 0.3) is 0 Å². The molecule has 0 saturated heterocycles. The van der Waals surface area contributed by atoms with Gasteiger partial charge in [0.05, 0.1) is 17.7 Å². The Morgan fingerprint density at radius 1 is 0.950 bits per heavy atom. The first-order valence-electron chi connectivity index (χ1n) is 5.54. The summed E-state index contributed by atoms with van der Waals surface area (Å²) in [6.07, 6.45) is -10.2. The Balaban J connectivity index is 3.14. The molecule has 0 aromatic heterocycles. The monoisotopic (exact) mass is 299 g/mol. The average Bonchev–Trinajstić information content (AvgIpc) is 2.33. The highest BCUT2D eigenvalue weighted by atomic mass is 19.4. The van der Waals surface area contributed by atoms with E-state index >= 15 is 0 Å². The number of carbonyl (C=O) groups is 1. The molecule has 0 saturated carbocycles. The lowest BCUT2D eigenvalue weighted by Crippen LogP contribution is -2.15. The summed E-state index contributed by atoms with van der Waals surface area (Å²) < 4.78 is 75.3. The lowest BCUT2D eigenvalue weighted by molar-refractivity contribution is -0.143. The van der Waals surface area contributed by atoms with Gasteiger partial charge in [-0.1, -0.05) is 0 Å². The SMILES string of the molecule is NCC(=O)CCc1cc(C(F)(F)F)cc(C(F)(F)F)c1. The molecule has 0 atom stereocenters.